The Hall–Kier alpha value is -2.91. The maximum atomic E-state index is 12.9. The fraction of sp³-hybridized carbons (Fsp3) is 0.414. The summed E-state index contributed by atoms with van der Waals surface area (Å²) in [6, 6.07) is 13.4. The molecule has 0 spiro atoms. The predicted molar refractivity (Wildman–Crippen MR) is 156 cm³/mol. The van der Waals surface area contributed by atoms with E-state index in [1.807, 2.05) is 12.1 Å². The molecule has 1 saturated heterocycles. The summed E-state index contributed by atoms with van der Waals surface area (Å²) in [5.41, 5.74) is 9.68. The zero-order valence-corrected chi connectivity index (χ0v) is 23.3. The highest BCUT2D eigenvalue weighted by molar-refractivity contribution is 6.36. The van der Waals surface area contributed by atoms with Gasteiger partial charge < -0.3 is 21.1 Å². The van der Waals surface area contributed by atoms with E-state index < -0.39 is 0 Å². The van der Waals surface area contributed by atoms with Gasteiger partial charge in [-0.2, -0.15) is 0 Å². The largest absolute Gasteiger partial charge is 0.461 e. The number of anilines is 2. The van der Waals surface area contributed by atoms with Gasteiger partial charge in [0.25, 0.3) is 0 Å². The summed E-state index contributed by atoms with van der Waals surface area (Å²) in [5.74, 6) is 0.670. The number of rotatable bonds is 9. The number of nitrogen functional groups attached to an aromatic ring is 1. The third kappa shape index (κ3) is 7.00. The van der Waals surface area contributed by atoms with Crippen LogP contribution in [0.5, 0.6) is 0 Å². The van der Waals surface area contributed by atoms with Crippen molar-refractivity contribution in [3.63, 3.8) is 0 Å². The number of piperazine rings is 1. The van der Waals surface area contributed by atoms with E-state index in [9.17, 15) is 4.79 Å². The monoisotopic (exact) mass is 568 g/mol. The number of halogens is 2. The minimum Gasteiger partial charge on any atom is -0.461 e. The highest BCUT2D eigenvalue weighted by Crippen LogP contribution is 2.27. The summed E-state index contributed by atoms with van der Waals surface area (Å²) < 4.78 is 5.83. The second kappa shape index (κ2) is 13.0. The quantitative estimate of drug-likeness (QED) is 0.311. The molecule has 0 bridgehead atoms. The molecule has 10 heteroatoms. The van der Waals surface area contributed by atoms with Crippen LogP contribution in [-0.2, 0) is 22.5 Å². The minimum absolute atomic E-state index is 0.0834. The Morgan fingerprint density at radius 2 is 1.92 bits per heavy atom. The van der Waals surface area contributed by atoms with Crippen molar-refractivity contribution in [1.82, 2.24) is 20.2 Å². The highest BCUT2D eigenvalue weighted by Gasteiger charge is 2.32. The van der Waals surface area contributed by atoms with Gasteiger partial charge in [-0.3, -0.25) is 9.69 Å². The first-order valence-electron chi connectivity index (χ1n) is 13.5. The Kier molecular flexibility index (Phi) is 9.19. The van der Waals surface area contributed by atoms with Gasteiger partial charge >= 0.3 is 5.97 Å². The van der Waals surface area contributed by atoms with Crippen molar-refractivity contribution >= 4 is 40.8 Å². The van der Waals surface area contributed by atoms with Crippen LogP contribution in [0.4, 0.5) is 11.6 Å². The molecular formula is C29H34Cl2N6O2. The van der Waals surface area contributed by atoms with Crippen molar-refractivity contribution in [2.45, 2.75) is 50.8 Å². The van der Waals surface area contributed by atoms with Gasteiger partial charge in [0.2, 0.25) is 0 Å². The Morgan fingerprint density at radius 3 is 2.72 bits per heavy atom. The average molecular weight is 570 g/mol. The third-order valence-electron chi connectivity index (χ3n) is 7.42. The number of nitrogens with two attached hydrogens (primary N) is 1. The Bertz CT molecular complexity index is 1280. The van der Waals surface area contributed by atoms with Crippen LogP contribution in [0.25, 0.3) is 11.3 Å². The normalized spacial score (nSPS) is 18.3. The Morgan fingerprint density at radius 1 is 1.15 bits per heavy atom. The summed E-state index contributed by atoms with van der Waals surface area (Å²) in [4.78, 5) is 24.2. The van der Waals surface area contributed by atoms with Crippen LogP contribution in [0.3, 0.4) is 0 Å². The lowest BCUT2D eigenvalue weighted by atomic mass is 10.0. The lowest BCUT2D eigenvalue weighted by Gasteiger charge is -2.35. The van der Waals surface area contributed by atoms with Crippen LogP contribution in [0.15, 0.2) is 48.7 Å². The highest BCUT2D eigenvalue weighted by atomic mass is 35.5. The molecule has 4 N–H and O–H groups in total. The van der Waals surface area contributed by atoms with Gasteiger partial charge in [-0.15, -0.1) is 0 Å². The number of carbonyl (C=O) groups excluding carboxylic acids is 1. The predicted octanol–water partition coefficient (Wildman–Crippen LogP) is 4.95. The Balaban J connectivity index is 1.24. The number of carbonyl (C=O) groups is 1. The maximum Gasteiger partial charge on any atom is 0.324 e. The van der Waals surface area contributed by atoms with E-state index in [2.05, 4.69) is 32.7 Å². The van der Waals surface area contributed by atoms with Gasteiger partial charge in [0.05, 0.1) is 11.9 Å². The molecule has 206 valence electrons. The van der Waals surface area contributed by atoms with Gasteiger partial charge in [0.15, 0.2) is 11.6 Å². The number of nitrogens with one attached hydrogen (secondary N) is 2. The zero-order chi connectivity index (χ0) is 27.2. The van der Waals surface area contributed by atoms with Crippen LogP contribution >= 0.6 is 23.2 Å². The van der Waals surface area contributed by atoms with Crippen LogP contribution in [-0.4, -0.2) is 59.2 Å². The minimum atomic E-state index is -0.245. The summed E-state index contributed by atoms with van der Waals surface area (Å²) in [6.45, 7) is 3.45. The number of hydrogen-bond donors (Lipinski definition) is 3. The second-order valence-electron chi connectivity index (χ2n) is 10.1. The molecule has 2 heterocycles. The number of aromatic nitrogens is 2. The fourth-order valence-electron chi connectivity index (χ4n) is 5.20. The number of nitrogens with zero attached hydrogens (tertiary/aromatic N) is 3. The van der Waals surface area contributed by atoms with Crippen LogP contribution < -0.4 is 16.4 Å². The molecule has 1 unspecified atom stereocenters. The van der Waals surface area contributed by atoms with Gasteiger partial charge in [-0.25, -0.2) is 9.97 Å². The molecule has 1 atom stereocenters. The van der Waals surface area contributed by atoms with Crippen molar-refractivity contribution < 1.29 is 9.53 Å². The van der Waals surface area contributed by atoms with Gasteiger partial charge in [0.1, 0.15) is 12.1 Å². The topological polar surface area (TPSA) is 105 Å². The zero-order valence-electron chi connectivity index (χ0n) is 21.8. The van der Waals surface area contributed by atoms with E-state index in [1.165, 1.54) is 0 Å². The number of ether oxygens (including phenoxy) is 1. The van der Waals surface area contributed by atoms with Gasteiger partial charge in [-0.1, -0.05) is 47.5 Å². The number of hydrogen-bond acceptors (Lipinski definition) is 8. The standard InChI is InChI=1S/C29H34Cl2N6O2/c30-23-9-4-10-24(31)22(23)16-35-28-27(32)34-17-25(36-28)20-6-3-5-19(15-20)11-13-37-14-12-33-18-26(37)29(38)39-21-7-1-2-8-21/h3-6,9-10,15,17,21,26,33H,1-2,7-8,11-14,16,18H2,(H2,32,34)(H,35,36). The van der Waals surface area contributed by atoms with Crippen LogP contribution in [0.2, 0.25) is 10.0 Å². The average Bonchev–Trinajstić information content (AvgIpc) is 3.46. The van der Waals surface area contributed by atoms with Gasteiger partial charge in [0, 0.05) is 53.9 Å². The molecule has 2 fully saturated rings. The summed E-state index contributed by atoms with van der Waals surface area (Å²) in [5, 5.41) is 7.71. The summed E-state index contributed by atoms with van der Waals surface area (Å²) >= 11 is 12.6. The van der Waals surface area contributed by atoms with Crippen molar-refractivity contribution in [3.05, 3.63) is 69.8 Å². The first kappa shape index (κ1) is 27.6. The second-order valence-corrected chi connectivity index (χ2v) is 10.9. The molecule has 1 saturated carbocycles. The Labute approximate surface area is 239 Å². The van der Waals surface area contributed by atoms with Crippen molar-refractivity contribution in [1.29, 1.82) is 0 Å². The SMILES string of the molecule is Nc1ncc(-c2cccc(CCN3CCNCC3C(=O)OC3CCCC3)c2)nc1NCc1c(Cl)cccc1Cl. The maximum absolute atomic E-state index is 12.9. The van der Waals surface area contributed by atoms with E-state index in [0.29, 0.717) is 40.5 Å². The molecule has 1 aliphatic carbocycles. The number of benzene rings is 2. The molecule has 3 aromatic rings. The molecular weight excluding hydrogens is 535 g/mol. The molecule has 0 radical (unpaired) electrons. The third-order valence-corrected chi connectivity index (χ3v) is 8.13. The van der Waals surface area contributed by atoms with Crippen molar-refractivity contribution in [3.8, 4) is 11.3 Å². The summed E-state index contributed by atoms with van der Waals surface area (Å²) in [7, 11) is 0. The number of esters is 1. The molecule has 1 aliphatic heterocycles. The molecule has 8 nitrogen and oxygen atoms in total. The van der Waals surface area contributed by atoms with Crippen LogP contribution in [0, 0.1) is 0 Å². The molecule has 0 amide bonds. The van der Waals surface area contributed by atoms with Crippen molar-refractivity contribution in [2.75, 3.05) is 37.2 Å². The van der Waals surface area contributed by atoms with E-state index in [1.54, 1.807) is 24.4 Å². The van der Waals surface area contributed by atoms with E-state index in [0.717, 1.165) is 68.4 Å². The van der Waals surface area contributed by atoms with E-state index in [-0.39, 0.29) is 18.1 Å². The van der Waals surface area contributed by atoms with E-state index in [4.69, 9.17) is 38.7 Å². The lowest BCUT2D eigenvalue weighted by molar-refractivity contribution is -0.155. The van der Waals surface area contributed by atoms with Crippen molar-refractivity contribution in [2.24, 2.45) is 0 Å². The smallest absolute Gasteiger partial charge is 0.324 e. The summed E-state index contributed by atoms with van der Waals surface area (Å²) in [6.07, 6.45) is 6.82. The molecule has 2 aliphatic rings. The molecule has 5 rings (SSSR count). The lowest BCUT2D eigenvalue weighted by Crippen LogP contribution is -2.56. The fourth-order valence-corrected chi connectivity index (χ4v) is 5.73. The first-order valence-corrected chi connectivity index (χ1v) is 14.3. The molecule has 39 heavy (non-hydrogen) atoms. The van der Waals surface area contributed by atoms with Crippen LogP contribution in [0.1, 0.15) is 36.8 Å². The molecule has 1 aromatic heterocycles. The molecule has 2 aromatic carbocycles. The van der Waals surface area contributed by atoms with Gasteiger partial charge in [-0.05, 0) is 55.9 Å². The van der Waals surface area contributed by atoms with E-state index >= 15 is 0 Å². The first-order chi connectivity index (χ1) is 19.0.